The fraction of sp³-hybridized carbons (Fsp3) is 1.00. The maximum atomic E-state index is 2.52. The predicted molar refractivity (Wildman–Crippen MR) is 51.0 cm³/mol. The molecule has 0 saturated heterocycles. The first kappa shape index (κ1) is 10.8. The molecule has 0 aromatic heterocycles. The summed E-state index contributed by atoms with van der Waals surface area (Å²) in [6.07, 6.45) is 0. The van der Waals surface area contributed by atoms with E-state index in [4.69, 9.17) is 0 Å². The average Bonchev–Trinajstić information content (AvgIpc) is 1.59. The Bertz CT molecular complexity index is 88.9. The van der Waals surface area contributed by atoms with Crippen molar-refractivity contribution in [2.24, 2.45) is 0 Å². The van der Waals surface area contributed by atoms with Crippen LogP contribution in [-0.2, 0) is 0 Å². The van der Waals surface area contributed by atoms with Crippen LogP contribution in [0.25, 0.3) is 0 Å². The normalized spacial score (nSPS) is 14.4. The minimum atomic E-state index is -1.01. The molecule has 0 atom stereocenters. The first-order chi connectivity index (χ1) is 4.15. The van der Waals surface area contributed by atoms with Gasteiger partial charge in [-0.3, -0.25) is 0 Å². The van der Waals surface area contributed by atoms with Gasteiger partial charge in [0.05, 0.1) is 0 Å². The van der Waals surface area contributed by atoms with Crippen LogP contribution in [0.1, 0.15) is 41.5 Å². The molecule has 0 amide bonds. The van der Waals surface area contributed by atoms with Crippen molar-refractivity contribution in [2.75, 3.05) is 0 Å². The zero-order valence-electron chi connectivity index (χ0n) is 8.45. The molecule has 0 aliphatic rings. The molecule has 0 spiro atoms. The third-order valence-electron chi connectivity index (χ3n) is 2.01. The second-order valence-electron chi connectivity index (χ2n) is 4.90. The van der Waals surface area contributed by atoms with E-state index in [1.165, 1.54) is 0 Å². The predicted octanol–water partition coefficient (Wildman–Crippen LogP) is 3.71. The first-order valence-corrected chi connectivity index (χ1v) is 9.00. The maximum absolute atomic E-state index is 2.52. The third-order valence-corrected chi connectivity index (χ3v) is 13.5. The van der Waals surface area contributed by atoms with Crippen molar-refractivity contribution in [1.82, 2.24) is 0 Å². The molecular formula is C9H21Sb. The Hall–Kier alpha value is 0.818. The second-order valence-corrected chi connectivity index (χ2v) is 15.8. The molecule has 0 aromatic rings. The van der Waals surface area contributed by atoms with Gasteiger partial charge >= 0.3 is 73.3 Å². The topological polar surface area (TPSA) is 0 Å². The van der Waals surface area contributed by atoms with Crippen molar-refractivity contribution in [2.45, 2.75) is 53.1 Å². The van der Waals surface area contributed by atoms with Crippen molar-refractivity contribution in [3.05, 3.63) is 0 Å². The molecule has 1 heteroatoms. The summed E-state index contributed by atoms with van der Waals surface area (Å²) in [4.78, 5) is 2.52. The Balaban J connectivity index is 4.23. The third kappa shape index (κ3) is 3.28. The van der Waals surface area contributed by atoms with Crippen molar-refractivity contribution in [3.63, 3.8) is 0 Å². The van der Waals surface area contributed by atoms with Gasteiger partial charge < -0.3 is 0 Å². The van der Waals surface area contributed by atoms with Gasteiger partial charge in [-0.2, -0.15) is 0 Å². The molecule has 0 bridgehead atoms. The van der Waals surface area contributed by atoms with Gasteiger partial charge in [-0.25, -0.2) is 0 Å². The van der Waals surface area contributed by atoms with Crippen LogP contribution in [0.15, 0.2) is 0 Å². The van der Waals surface area contributed by atoms with Gasteiger partial charge in [0.15, 0.2) is 0 Å². The van der Waals surface area contributed by atoms with E-state index in [-0.39, 0.29) is 0 Å². The van der Waals surface area contributed by atoms with Gasteiger partial charge in [0.2, 0.25) is 0 Å². The molecule has 0 fully saturated rings. The number of hydrogen-bond donors (Lipinski definition) is 0. The Morgan fingerprint density at radius 1 is 0.700 bits per heavy atom. The van der Waals surface area contributed by atoms with Crippen molar-refractivity contribution in [1.29, 1.82) is 0 Å². The van der Waals surface area contributed by atoms with Crippen LogP contribution >= 0.6 is 0 Å². The SMILES string of the molecule is [CH3][Sb]([C](C)(C)C)[C](C)(C)C. The molecule has 0 aromatic carbocycles. The van der Waals surface area contributed by atoms with Crippen LogP contribution in [-0.4, -0.2) is 20.2 Å². The zero-order valence-corrected chi connectivity index (χ0v) is 11.0. The molecule has 0 heterocycles. The average molecular weight is 251 g/mol. The molecular weight excluding hydrogens is 230 g/mol. The zero-order chi connectivity index (χ0) is 8.58. The summed E-state index contributed by atoms with van der Waals surface area (Å²) in [5, 5.41) is 0. The van der Waals surface area contributed by atoms with Gasteiger partial charge in [0.25, 0.3) is 0 Å². The van der Waals surface area contributed by atoms with E-state index in [2.05, 4.69) is 46.4 Å². The quantitative estimate of drug-likeness (QED) is 0.575. The van der Waals surface area contributed by atoms with Crippen LogP contribution in [0.2, 0.25) is 11.6 Å². The standard InChI is InChI=1S/2C4H9.CH3.Sb/c2*1-4(2)3;;/h2*1-3H3;1H3;. The summed E-state index contributed by atoms with van der Waals surface area (Å²) in [5.74, 6) is 0. The van der Waals surface area contributed by atoms with Gasteiger partial charge in [-0.1, -0.05) is 0 Å². The minimum absolute atomic E-state index is 0.626. The van der Waals surface area contributed by atoms with E-state index in [0.29, 0.717) is 6.72 Å². The van der Waals surface area contributed by atoms with Crippen molar-refractivity contribution >= 4 is 20.2 Å². The van der Waals surface area contributed by atoms with E-state index in [1.54, 1.807) is 0 Å². The number of hydrogen-bond acceptors (Lipinski definition) is 0. The van der Waals surface area contributed by atoms with Crippen molar-refractivity contribution < 1.29 is 0 Å². The van der Waals surface area contributed by atoms with Gasteiger partial charge in [-0.15, -0.1) is 0 Å². The molecule has 0 aliphatic heterocycles. The monoisotopic (exact) mass is 250 g/mol. The van der Waals surface area contributed by atoms with Gasteiger partial charge in [-0.05, 0) is 0 Å². The summed E-state index contributed by atoms with van der Waals surface area (Å²) in [6.45, 7) is 14.3. The molecule has 0 unspecified atom stereocenters. The summed E-state index contributed by atoms with van der Waals surface area (Å²) in [6, 6.07) is 0. The molecule has 0 radical (unpaired) electrons. The first-order valence-electron chi connectivity index (χ1n) is 3.89. The Morgan fingerprint density at radius 3 is 0.900 bits per heavy atom. The number of rotatable bonds is 0. The molecule has 0 nitrogen and oxygen atoms in total. The summed E-state index contributed by atoms with van der Waals surface area (Å²) >= 11 is -1.01. The molecule has 0 N–H and O–H groups in total. The van der Waals surface area contributed by atoms with Gasteiger partial charge in [0, 0.05) is 0 Å². The summed E-state index contributed by atoms with van der Waals surface area (Å²) in [7, 11) is 0. The Kier molecular flexibility index (Phi) is 3.30. The van der Waals surface area contributed by atoms with E-state index in [0.717, 1.165) is 0 Å². The van der Waals surface area contributed by atoms with E-state index < -0.39 is 20.2 Å². The molecule has 0 saturated carbocycles. The van der Waals surface area contributed by atoms with Crippen LogP contribution < -0.4 is 0 Å². The van der Waals surface area contributed by atoms with Crippen molar-refractivity contribution in [3.8, 4) is 0 Å². The molecule has 10 heavy (non-hydrogen) atoms. The molecule has 62 valence electrons. The van der Waals surface area contributed by atoms with Crippen LogP contribution in [0.5, 0.6) is 0 Å². The Labute approximate surface area is 73.4 Å². The Morgan fingerprint density at radius 2 is 0.900 bits per heavy atom. The fourth-order valence-corrected chi connectivity index (χ4v) is 6.75. The molecule has 0 rings (SSSR count). The second kappa shape index (κ2) is 3.05. The molecule has 0 aliphatic carbocycles. The van der Waals surface area contributed by atoms with Gasteiger partial charge in [0.1, 0.15) is 0 Å². The van der Waals surface area contributed by atoms with Crippen LogP contribution in [0.4, 0.5) is 0 Å². The van der Waals surface area contributed by atoms with Crippen LogP contribution in [0, 0.1) is 0 Å². The van der Waals surface area contributed by atoms with E-state index in [1.807, 2.05) is 0 Å². The summed E-state index contributed by atoms with van der Waals surface area (Å²) < 4.78 is 1.25. The summed E-state index contributed by atoms with van der Waals surface area (Å²) in [5.41, 5.74) is 0. The van der Waals surface area contributed by atoms with E-state index >= 15 is 0 Å². The fourth-order valence-electron chi connectivity index (χ4n) is 1.01. The van der Waals surface area contributed by atoms with Crippen LogP contribution in [0.3, 0.4) is 0 Å². The van der Waals surface area contributed by atoms with E-state index in [9.17, 15) is 0 Å².